The van der Waals surface area contributed by atoms with Crippen molar-refractivity contribution >= 4 is 43.8 Å². The Morgan fingerprint density at radius 3 is 2.19 bits per heavy atom. The number of hydrogen-bond donors (Lipinski definition) is 2. The number of thioether (sulfide) groups is 2. The van der Waals surface area contributed by atoms with Gasteiger partial charge in [0.1, 0.15) is 0 Å². The Balaban J connectivity index is 2.31. The maximum absolute atomic E-state index is 12.4. The fourth-order valence-electron chi connectivity index (χ4n) is 2.11. The molecule has 9 heteroatoms. The Kier molecular flexibility index (Phi) is 9.91. The smallest absolute Gasteiger partial charge is 0.345 e. The van der Waals surface area contributed by atoms with Gasteiger partial charge in [0.05, 0.1) is 6.61 Å². The molecule has 3 amide bonds. The van der Waals surface area contributed by atoms with Crippen molar-refractivity contribution in [3.8, 4) is 0 Å². The Morgan fingerprint density at radius 1 is 1.11 bits per heavy atom. The van der Waals surface area contributed by atoms with Crippen molar-refractivity contribution in [1.82, 2.24) is 10.8 Å². The number of nitrogens with one attached hydrogen (secondary N) is 2. The molecule has 0 spiro atoms. The summed E-state index contributed by atoms with van der Waals surface area (Å²) in [5, 5.41) is 2.53. The molecule has 0 radical (unpaired) electrons. The lowest BCUT2D eigenvalue weighted by atomic mass is 10.2. The molecule has 27 heavy (non-hydrogen) atoms. The second kappa shape index (κ2) is 10.9. The largest absolute Gasteiger partial charge is 0.417 e. The van der Waals surface area contributed by atoms with Crippen LogP contribution in [0.3, 0.4) is 0 Å². The van der Waals surface area contributed by atoms with E-state index in [2.05, 4.69) is 44.7 Å². The second-order valence-corrected chi connectivity index (χ2v) is 14.8. The molecule has 0 atom stereocenters. The number of carbonyl (C=O) groups is 2. The summed E-state index contributed by atoms with van der Waals surface area (Å²) >= 11 is 3.08. The van der Waals surface area contributed by atoms with E-state index >= 15 is 0 Å². The molecule has 156 valence electrons. The fraction of sp³-hybridized carbons (Fsp3) is 0.778. The molecule has 0 aliphatic heterocycles. The third-order valence-electron chi connectivity index (χ3n) is 4.87. The fourth-order valence-corrected chi connectivity index (χ4v) is 4.82. The predicted octanol–water partition coefficient (Wildman–Crippen LogP) is 4.50. The Morgan fingerprint density at radius 2 is 1.70 bits per heavy atom. The zero-order valence-electron chi connectivity index (χ0n) is 17.6. The number of hydrogen-bond acceptors (Lipinski definition) is 6. The summed E-state index contributed by atoms with van der Waals surface area (Å²) in [5.74, 6) is -0.0698. The standard InChI is InChI=1S/C18H34N2O4S2Si/c1-18(2,3)27(6,7)24-12-8-11-23-20-17(22)19-15(21)14(13-9-10-13)16(25-4)26-5/h13H,8-12H2,1-7H3,(H2,19,20,21,22). The maximum Gasteiger partial charge on any atom is 0.345 e. The lowest BCUT2D eigenvalue weighted by Gasteiger charge is -2.36. The van der Waals surface area contributed by atoms with E-state index in [4.69, 9.17) is 9.26 Å². The van der Waals surface area contributed by atoms with E-state index in [1.165, 1.54) is 0 Å². The molecule has 1 rings (SSSR count). The third-order valence-corrected chi connectivity index (χ3v) is 11.6. The molecule has 1 aliphatic rings. The molecular formula is C18H34N2O4S2Si. The monoisotopic (exact) mass is 434 g/mol. The van der Waals surface area contributed by atoms with E-state index in [9.17, 15) is 9.59 Å². The zero-order valence-corrected chi connectivity index (χ0v) is 20.2. The second-order valence-electron chi connectivity index (χ2n) is 8.08. The highest BCUT2D eigenvalue weighted by Gasteiger charge is 2.37. The highest BCUT2D eigenvalue weighted by atomic mass is 32.2. The molecule has 1 saturated carbocycles. The van der Waals surface area contributed by atoms with Gasteiger partial charge >= 0.3 is 6.03 Å². The van der Waals surface area contributed by atoms with Gasteiger partial charge in [-0.15, -0.1) is 23.5 Å². The number of amides is 3. The molecule has 1 aliphatic carbocycles. The molecule has 0 unspecified atom stereocenters. The summed E-state index contributed by atoms with van der Waals surface area (Å²) in [5.41, 5.74) is 2.99. The van der Waals surface area contributed by atoms with E-state index in [-0.39, 0.29) is 16.9 Å². The van der Waals surface area contributed by atoms with E-state index in [0.717, 1.165) is 17.1 Å². The van der Waals surface area contributed by atoms with Crippen LogP contribution in [0, 0.1) is 5.92 Å². The lowest BCUT2D eigenvalue weighted by Crippen LogP contribution is -2.42. The van der Waals surface area contributed by atoms with Gasteiger partial charge in [0.2, 0.25) is 0 Å². The minimum atomic E-state index is -1.75. The van der Waals surface area contributed by atoms with E-state index in [1.807, 2.05) is 12.5 Å². The number of imide groups is 1. The molecule has 0 aromatic carbocycles. The topological polar surface area (TPSA) is 76.7 Å². The van der Waals surface area contributed by atoms with Gasteiger partial charge in [-0.05, 0) is 55.8 Å². The van der Waals surface area contributed by atoms with Crippen molar-refractivity contribution in [3.63, 3.8) is 0 Å². The molecule has 6 nitrogen and oxygen atoms in total. The minimum absolute atomic E-state index is 0.172. The quantitative estimate of drug-likeness (QED) is 0.228. The Hall–Kier alpha value is -0.483. The first-order valence-electron chi connectivity index (χ1n) is 9.22. The predicted molar refractivity (Wildman–Crippen MR) is 117 cm³/mol. The van der Waals surface area contributed by atoms with Crippen LogP contribution < -0.4 is 10.8 Å². The van der Waals surface area contributed by atoms with Gasteiger partial charge in [0, 0.05) is 16.4 Å². The van der Waals surface area contributed by atoms with Crippen molar-refractivity contribution in [3.05, 3.63) is 9.81 Å². The maximum atomic E-state index is 12.4. The molecular weight excluding hydrogens is 400 g/mol. The minimum Gasteiger partial charge on any atom is -0.417 e. The van der Waals surface area contributed by atoms with Crippen LogP contribution in [-0.4, -0.2) is 46.0 Å². The van der Waals surface area contributed by atoms with Gasteiger partial charge in [-0.3, -0.25) is 14.9 Å². The van der Waals surface area contributed by atoms with Gasteiger partial charge in [-0.25, -0.2) is 10.3 Å². The molecule has 1 fully saturated rings. The van der Waals surface area contributed by atoms with E-state index in [0.29, 0.717) is 25.2 Å². The zero-order chi connectivity index (χ0) is 20.7. The average Bonchev–Trinajstić information content (AvgIpc) is 3.38. The number of carbonyl (C=O) groups excluding carboxylic acids is 2. The summed E-state index contributed by atoms with van der Waals surface area (Å²) in [6.07, 6.45) is 6.56. The summed E-state index contributed by atoms with van der Waals surface area (Å²) in [7, 11) is -1.75. The number of urea groups is 1. The van der Waals surface area contributed by atoms with Crippen LogP contribution in [0.2, 0.25) is 18.1 Å². The summed E-state index contributed by atoms with van der Waals surface area (Å²) in [4.78, 5) is 29.5. The van der Waals surface area contributed by atoms with Gasteiger partial charge in [0.25, 0.3) is 5.91 Å². The molecule has 0 saturated heterocycles. The Bertz CT molecular complexity index is 552. The van der Waals surface area contributed by atoms with E-state index < -0.39 is 14.3 Å². The van der Waals surface area contributed by atoms with Gasteiger partial charge in [0.15, 0.2) is 8.32 Å². The van der Waals surface area contributed by atoms with Crippen molar-refractivity contribution in [1.29, 1.82) is 0 Å². The van der Waals surface area contributed by atoms with E-state index in [1.54, 1.807) is 23.5 Å². The van der Waals surface area contributed by atoms with Crippen LogP contribution in [-0.2, 0) is 14.1 Å². The molecule has 0 aromatic heterocycles. The van der Waals surface area contributed by atoms with Crippen molar-refractivity contribution in [2.75, 3.05) is 25.7 Å². The SMILES string of the molecule is CSC(SC)=C(C(=O)NC(=O)NOCCCO[Si](C)(C)C(C)(C)C)C1CC1. The van der Waals surface area contributed by atoms with Gasteiger partial charge < -0.3 is 4.43 Å². The van der Waals surface area contributed by atoms with Gasteiger partial charge in [-0.1, -0.05) is 20.8 Å². The Labute approximate surface area is 173 Å². The first kappa shape index (κ1) is 24.6. The summed E-state index contributed by atoms with van der Waals surface area (Å²) in [6.45, 7) is 11.9. The van der Waals surface area contributed by atoms with Gasteiger partial charge in [-0.2, -0.15) is 0 Å². The summed E-state index contributed by atoms with van der Waals surface area (Å²) in [6, 6.07) is -0.634. The van der Waals surface area contributed by atoms with Crippen molar-refractivity contribution in [2.45, 2.75) is 58.2 Å². The molecule has 0 bridgehead atoms. The molecule has 2 N–H and O–H groups in total. The average molecular weight is 435 g/mol. The molecule has 0 aromatic rings. The molecule has 0 heterocycles. The lowest BCUT2D eigenvalue weighted by molar-refractivity contribution is -0.117. The van der Waals surface area contributed by atoms with Crippen LogP contribution >= 0.6 is 23.5 Å². The van der Waals surface area contributed by atoms with Crippen molar-refractivity contribution in [2.24, 2.45) is 5.92 Å². The highest BCUT2D eigenvalue weighted by Crippen LogP contribution is 2.42. The van der Waals surface area contributed by atoms with Crippen LogP contribution in [0.15, 0.2) is 9.81 Å². The van der Waals surface area contributed by atoms with Crippen LogP contribution in [0.5, 0.6) is 0 Å². The normalized spacial score (nSPS) is 14.6. The van der Waals surface area contributed by atoms with Crippen molar-refractivity contribution < 1.29 is 18.9 Å². The summed E-state index contributed by atoms with van der Waals surface area (Å²) < 4.78 is 7.01. The highest BCUT2D eigenvalue weighted by molar-refractivity contribution is 8.21. The number of rotatable bonds is 10. The van der Waals surface area contributed by atoms with Crippen LogP contribution in [0.25, 0.3) is 0 Å². The van der Waals surface area contributed by atoms with Crippen LogP contribution in [0.4, 0.5) is 4.79 Å². The van der Waals surface area contributed by atoms with Crippen LogP contribution in [0.1, 0.15) is 40.0 Å². The number of hydroxylamine groups is 1. The first-order valence-corrected chi connectivity index (χ1v) is 14.6. The third kappa shape index (κ3) is 8.19. The first-order chi connectivity index (χ1) is 12.5.